The molecule has 1 nitrogen and oxygen atoms in total. The van der Waals surface area contributed by atoms with Gasteiger partial charge in [0.15, 0.2) is 0 Å². The van der Waals surface area contributed by atoms with E-state index in [0.29, 0.717) is 12.0 Å². The quantitative estimate of drug-likeness (QED) is 0.732. The number of anilines is 1. The minimum Gasteiger partial charge on any atom is -0.378 e. The number of rotatable bonds is 3. The Balaban J connectivity index is 1.81. The molecule has 0 aliphatic carbocycles. The molecule has 1 atom stereocenters. The Morgan fingerprint density at radius 3 is 2.62 bits per heavy atom. The largest absolute Gasteiger partial charge is 0.378 e. The van der Waals surface area contributed by atoms with E-state index in [1.165, 1.54) is 21.7 Å². The van der Waals surface area contributed by atoms with Gasteiger partial charge in [0, 0.05) is 21.4 Å². The van der Waals surface area contributed by atoms with Gasteiger partial charge < -0.3 is 5.32 Å². The van der Waals surface area contributed by atoms with Crippen molar-refractivity contribution < 1.29 is 0 Å². The first-order valence-electron chi connectivity index (χ1n) is 7.42. The molecule has 2 aromatic rings. The van der Waals surface area contributed by atoms with Crippen molar-refractivity contribution in [2.75, 3.05) is 11.1 Å². The van der Waals surface area contributed by atoms with Crippen molar-refractivity contribution >= 4 is 29.1 Å². The van der Waals surface area contributed by atoms with Gasteiger partial charge in [0.05, 0.1) is 6.04 Å². The van der Waals surface area contributed by atoms with Crippen molar-refractivity contribution in [1.29, 1.82) is 0 Å². The minimum atomic E-state index is 0.352. The molecule has 110 valence electrons. The zero-order valence-corrected chi connectivity index (χ0v) is 14.0. The first-order valence-corrected chi connectivity index (χ1v) is 8.78. The van der Waals surface area contributed by atoms with Crippen molar-refractivity contribution in [3.8, 4) is 0 Å². The molecule has 0 saturated heterocycles. The van der Waals surface area contributed by atoms with E-state index in [9.17, 15) is 0 Å². The van der Waals surface area contributed by atoms with Crippen LogP contribution in [0.25, 0.3) is 0 Å². The Hall–Kier alpha value is -1.12. The van der Waals surface area contributed by atoms with Crippen LogP contribution in [-0.4, -0.2) is 5.75 Å². The average molecular weight is 318 g/mol. The van der Waals surface area contributed by atoms with E-state index < -0.39 is 0 Å². The second kappa shape index (κ2) is 6.33. The highest BCUT2D eigenvalue weighted by Gasteiger charge is 2.20. The van der Waals surface area contributed by atoms with Gasteiger partial charge in [0.25, 0.3) is 0 Å². The number of benzene rings is 2. The summed E-state index contributed by atoms with van der Waals surface area (Å²) >= 11 is 8.08. The second-order valence-corrected chi connectivity index (χ2v) is 7.37. The fourth-order valence-electron chi connectivity index (χ4n) is 2.68. The van der Waals surface area contributed by atoms with Crippen molar-refractivity contribution in [3.63, 3.8) is 0 Å². The van der Waals surface area contributed by atoms with Crippen LogP contribution >= 0.6 is 23.4 Å². The van der Waals surface area contributed by atoms with Crippen LogP contribution in [0.2, 0.25) is 5.02 Å². The SMILES string of the molecule is CC(C)c1ccc(NC2CCSc3ccc(Cl)cc32)cc1. The molecule has 1 heterocycles. The maximum Gasteiger partial charge on any atom is 0.0533 e. The summed E-state index contributed by atoms with van der Waals surface area (Å²) in [5.74, 6) is 1.72. The zero-order valence-electron chi connectivity index (χ0n) is 12.4. The second-order valence-electron chi connectivity index (χ2n) is 5.79. The number of halogens is 1. The zero-order chi connectivity index (χ0) is 14.8. The van der Waals surface area contributed by atoms with E-state index in [-0.39, 0.29) is 0 Å². The van der Waals surface area contributed by atoms with E-state index in [0.717, 1.165) is 17.2 Å². The van der Waals surface area contributed by atoms with E-state index in [1.807, 2.05) is 17.8 Å². The lowest BCUT2D eigenvalue weighted by molar-refractivity contribution is 0.728. The summed E-state index contributed by atoms with van der Waals surface area (Å²) < 4.78 is 0. The van der Waals surface area contributed by atoms with Gasteiger partial charge in [-0.05, 0) is 53.8 Å². The van der Waals surface area contributed by atoms with E-state index in [2.05, 4.69) is 55.6 Å². The summed E-state index contributed by atoms with van der Waals surface area (Å²) in [7, 11) is 0. The van der Waals surface area contributed by atoms with Gasteiger partial charge in [-0.15, -0.1) is 11.8 Å². The third-order valence-electron chi connectivity index (χ3n) is 3.93. The van der Waals surface area contributed by atoms with Crippen LogP contribution in [0.5, 0.6) is 0 Å². The molecule has 0 amide bonds. The number of hydrogen-bond donors (Lipinski definition) is 1. The van der Waals surface area contributed by atoms with E-state index in [1.54, 1.807) is 0 Å². The predicted octanol–water partition coefficient (Wildman–Crippen LogP) is 6.11. The highest BCUT2D eigenvalue weighted by Crippen LogP contribution is 2.39. The molecular formula is C18H20ClNS. The van der Waals surface area contributed by atoms with Gasteiger partial charge in [-0.1, -0.05) is 37.6 Å². The average Bonchev–Trinajstić information content (AvgIpc) is 2.48. The smallest absolute Gasteiger partial charge is 0.0533 e. The number of thioether (sulfide) groups is 1. The molecule has 3 heteroatoms. The van der Waals surface area contributed by atoms with Crippen LogP contribution in [0, 0.1) is 0 Å². The van der Waals surface area contributed by atoms with Gasteiger partial charge in [0.2, 0.25) is 0 Å². The van der Waals surface area contributed by atoms with Crippen molar-refractivity contribution in [3.05, 3.63) is 58.6 Å². The number of nitrogens with one attached hydrogen (secondary N) is 1. The Labute approximate surface area is 136 Å². The molecule has 0 fully saturated rings. The summed E-state index contributed by atoms with van der Waals surface area (Å²) in [4.78, 5) is 1.35. The number of fused-ring (bicyclic) bond motifs is 1. The molecule has 21 heavy (non-hydrogen) atoms. The molecule has 0 aromatic heterocycles. The Kier molecular flexibility index (Phi) is 4.46. The van der Waals surface area contributed by atoms with Crippen molar-refractivity contribution in [2.45, 2.75) is 37.1 Å². The van der Waals surface area contributed by atoms with Gasteiger partial charge in [-0.25, -0.2) is 0 Å². The molecule has 1 aliphatic rings. The molecule has 1 unspecified atom stereocenters. The standard InChI is InChI=1S/C18H20ClNS/c1-12(2)13-3-6-15(7-4-13)20-17-9-10-21-18-8-5-14(19)11-16(17)18/h3-8,11-12,17,20H,9-10H2,1-2H3. The maximum absolute atomic E-state index is 6.16. The van der Waals surface area contributed by atoms with Crippen molar-refractivity contribution in [2.24, 2.45) is 0 Å². The lowest BCUT2D eigenvalue weighted by Gasteiger charge is -2.27. The molecule has 0 saturated carbocycles. The normalized spacial score (nSPS) is 17.6. The fraction of sp³-hybridized carbons (Fsp3) is 0.333. The highest BCUT2D eigenvalue weighted by molar-refractivity contribution is 7.99. The van der Waals surface area contributed by atoms with Crippen LogP contribution in [-0.2, 0) is 0 Å². The van der Waals surface area contributed by atoms with Gasteiger partial charge in [-0.3, -0.25) is 0 Å². The molecule has 1 N–H and O–H groups in total. The third-order valence-corrected chi connectivity index (χ3v) is 5.29. The topological polar surface area (TPSA) is 12.0 Å². The summed E-state index contributed by atoms with van der Waals surface area (Å²) in [5.41, 5.74) is 3.89. The van der Waals surface area contributed by atoms with Crippen LogP contribution < -0.4 is 5.32 Å². The van der Waals surface area contributed by atoms with Crippen LogP contribution in [0.3, 0.4) is 0 Å². The van der Waals surface area contributed by atoms with Crippen LogP contribution in [0.4, 0.5) is 5.69 Å². The third kappa shape index (κ3) is 3.38. The molecule has 0 bridgehead atoms. The van der Waals surface area contributed by atoms with Crippen molar-refractivity contribution in [1.82, 2.24) is 0 Å². The monoisotopic (exact) mass is 317 g/mol. The Morgan fingerprint density at radius 1 is 1.14 bits per heavy atom. The maximum atomic E-state index is 6.16. The lowest BCUT2D eigenvalue weighted by atomic mass is 10.0. The number of hydrogen-bond acceptors (Lipinski definition) is 2. The molecule has 1 aliphatic heterocycles. The fourth-order valence-corrected chi connectivity index (χ4v) is 3.97. The van der Waals surface area contributed by atoms with E-state index >= 15 is 0 Å². The highest BCUT2D eigenvalue weighted by atomic mass is 35.5. The molecule has 3 rings (SSSR count). The predicted molar refractivity (Wildman–Crippen MR) is 93.7 cm³/mol. The van der Waals surface area contributed by atoms with Crippen LogP contribution in [0.1, 0.15) is 43.4 Å². The molecule has 2 aromatic carbocycles. The van der Waals surface area contributed by atoms with Gasteiger partial charge >= 0.3 is 0 Å². The first kappa shape index (κ1) is 14.8. The summed E-state index contributed by atoms with van der Waals surface area (Å²) in [6.45, 7) is 4.44. The van der Waals surface area contributed by atoms with E-state index in [4.69, 9.17) is 11.6 Å². The minimum absolute atomic E-state index is 0.352. The summed E-state index contributed by atoms with van der Waals surface area (Å²) in [6, 6.07) is 15.4. The Morgan fingerprint density at radius 2 is 1.90 bits per heavy atom. The molecular weight excluding hydrogens is 298 g/mol. The van der Waals surface area contributed by atoms with Gasteiger partial charge in [-0.2, -0.15) is 0 Å². The summed E-state index contributed by atoms with van der Waals surface area (Å²) in [6.07, 6.45) is 1.13. The molecule has 0 radical (unpaired) electrons. The molecule has 0 spiro atoms. The Bertz CT molecular complexity index is 622. The lowest BCUT2D eigenvalue weighted by Crippen LogP contribution is -2.16. The van der Waals surface area contributed by atoms with Gasteiger partial charge in [0.1, 0.15) is 0 Å². The summed E-state index contributed by atoms with van der Waals surface area (Å²) in [5, 5.41) is 4.48. The van der Waals surface area contributed by atoms with Crippen LogP contribution in [0.15, 0.2) is 47.4 Å². The first-order chi connectivity index (χ1) is 10.1.